The first kappa shape index (κ1) is 18.2. The number of carbonyl (C=O) groups is 1. The Bertz CT molecular complexity index is 922. The lowest BCUT2D eigenvalue weighted by Crippen LogP contribution is -2.28. The molecule has 0 saturated heterocycles. The number of anilines is 1. The number of nitrogens with zero attached hydrogens (tertiary/aromatic N) is 2. The molecule has 3 aromatic carbocycles. The van der Waals surface area contributed by atoms with Crippen LogP contribution in [0.15, 0.2) is 84.0 Å². The summed E-state index contributed by atoms with van der Waals surface area (Å²) < 4.78 is 5.89. The van der Waals surface area contributed by atoms with Crippen LogP contribution >= 0.6 is 0 Å². The fourth-order valence-corrected chi connectivity index (χ4v) is 2.75. The topological polar surface area (TPSA) is 62.1 Å². The molecule has 0 aliphatic rings. The SMILES string of the molecule is CN(C(=O)C=NO)c1ccccc1COc1ccc(-c2ccccc2)cc1. The number of amides is 1. The summed E-state index contributed by atoms with van der Waals surface area (Å²) in [6, 6.07) is 25.5. The Hall–Kier alpha value is -3.60. The van der Waals surface area contributed by atoms with E-state index < -0.39 is 5.91 Å². The van der Waals surface area contributed by atoms with Crippen molar-refractivity contribution in [2.45, 2.75) is 6.61 Å². The maximum absolute atomic E-state index is 11.9. The van der Waals surface area contributed by atoms with Crippen LogP contribution in [0, 0.1) is 0 Å². The van der Waals surface area contributed by atoms with Gasteiger partial charge in [0.25, 0.3) is 5.91 Å². The summed E-state index contributed by atoms with van der Waals surface area (Å²) >= 11 is 0. The minimum absolute atomic E-state index is 0.314. The third-order valence-corrected chi connectivity index (χ3v) is 4.21. The van der Waals surface area contributed by atoms with Crippen LogP contribution in [0.2, 0.25) is 0 Å². The predicted molar refractivity (Wildman–Crippen MR) is 106 cm³/mol. The van der Waals surface area contributed by atoms with Crippen molar-refractivity contribution in [3.8, 4) is 16.9 Å². The van der Waals surface area contributed by atoms with Gasteiger partial charge in [0.2, 0.25) is 0 Å². The van der Waals surface area contributed by atoms with Gasteiger partial charge < -0.3 is 14.8 Å². The Labute approximate surface area is 158 Å². The fraction of sp³-hybridized carbons (Fsp3) is 0.0909. The number of rotatable bonds is 6. The van der Waals surface area contributed by atoms with E-state index in [1.54, 1.807) is 7.05 Å². The maximum atomic E-state index is 11.9. The monoisotopic (exact) mass is 360 g/mol. The molecular formula is C22H20N2O3. The van der Waals surface area contributed by atoms with Crippen LogP contribution in [0.3, 0.4) is 0 Å². The normalized spacial score (nSPS) is 10.7. The van der Waals surface area contributed by atoms with E-state index in [1.807, 2.05) is 66.7 Å². The molecule has 0 heterocycles. The quantitative estimate of drug-likeness (QED) is 0.404. The summed E-state index contributed by atoms with van der Waals surface area (Å²) in [6.45, 7) is 0.314. The van der Waals surface area contributed by atoms with Crippen LogP contribution in [0.5, 0.6) is 5.75 Å². The maximum Gasteiger partial charge on any atom is 0.272 e. The standard InChI is InChI=1S/C22H20N2O3/c1-24(22(25)15-23-26)21-10-6-5-9-19(21)16-27-20-13-11-18(12-14-20)17-7-3-2-4-8-17/h2-15,26H,16H2,1H3. The van der Waals surface area contributed by atoms with Crippen LogP contribution in [-0.4, -0.2) is 24.4 Å². The van der Waals surface area contributed by atoms with Gasteiger partial charge in [0.15, 0.2) is 0 Å². The molecule has 0 aromatic heterocycles. The Morgan fingerprint density at radius 1 is 0.963 bits per heavy atom. The van der Waals surface area contributed by atoms with Crippen LogP contribution in [0.25, 0.3) is 11.1 Å². The predicted octanol–water partition coefficient (Wildman–Crippen LogP) is 4.36. The van der Waals surface area contributed by atoms with Crippen LogP contribution in [0.1, 0.15) is 5.56 Å². The number of hydrogen-bond acceptors (Lipinski definition) is 4. The molecule has 1 amide bonds. The summed E-state index contributed by atoms with van der Waals surface area (Å²) in [4.78, 5) is 13.3. The molecule has 0 atom stereocenters. The van der Waals surface area contributed by atoms with Crippen molar-refractivity contribution in [1.82, 2.24) is 0 Å². The summed E-state index contributed by atoms with van der Waals surface area (Å²) in [7, 11) is 1.62. The minimum atomic E-state index is -0.419. The molecule has 27 heavy (non-hydrogen) atoms. The molecule has 3 aromatic rings. The van der Waals surface area contributed by atoms with E-state index in [2.05, 4.69) is 17.3 Å². The highest BCUT2D eigenvalue weighted by atomic mass is 16.5. The smallest absolute Gasteiger partial charge is 0.272 e. The molecule has 0 spiro atoms. The van der Waals surface area contributed by atoms with Gasteiger partial charge in [-0.25, -0.2) is 0 Å². The molecule has 5 heteroatoms. The van der Waals surface area contributed by atoms with E-state index in [4.69, 9.17) is 9.94 Å². The van der Waals surface area contributed by atoms with Gasteiger partial charge in [-0.1, -0.05) is 65.8 Å². The van der Waals surface area contributed by atoms with E-state index in [0.29, 0.717) is 12.3 Å². The summed E-state index contributed by atoms with van der Waals surface area (Å²) in [5, 5.41) is 11.3. The van der Waals surface area contributed by atoms with E-state index in [-0.39, 0.29) is 0 Å². The highest BCUT2D eigenvalue weighted by molar-refractivity contribution is 6.32. The first-order valence-corrected chi connectivity index (χ1v) is 8.50. The Morgan fingerprint density at radius 2 is 1.59 bits per heavy atom. The van der Waals surface area contributed by atoms with Gasteiger partial charge in [0.05, 0.1) is 5.69 Å². The van der Waals surface area contributed by atoms with Gasteiger partial charge in [-0.2, -0.15) is 0 Å². The molecular weight excluding hydrogens is 340 g/mol. The zero-order valence-corrected chi connectivity index (χ0v) is 14.9. The molecule has 3 rings (SSSR count). The second-order valence-corrected chi connectivity index (χ2v) is 5.95. The van der Waals surface area contributed by atoms with Gasteiger partial charge >= 0.3 is 0 Å². The Balaban J connectivity index is 1.71. The Morgan fingerprint density at radius 3 is 2.30 bits per heavy atom. The van der Waals surface area contributed by atoms with Crippen LogP contribution in [-0.2, 0) is 11.4 Å². The third-order valence-electron chi connectivity index (χ3n) is 4.21. The van der Waals surface area contributed by atoms with Crippen molar-refractivity contribution in [3.63, 3.8) is 0 Å². The Kier molecular flexibility index (Phi) is 5.84. The second kappa shape index (κ2) is 8.67. The molecule has 0 saturated carbocycles. The number of hydrogen-bond donors (Lipinski definition) is 1. The molecule has 0 bridgehead atoms. The summed E-state index contributed by atoms with van der Waals surface area (Å²) in [6.07, 6.45) is 0.861. The number of para-hydroxylation sites is 1. The fourth-order valence-electron chi connectivity index (χ4n) is 2.75. The van der Waals surface area contributed by atoms with Gasteiger partial charge in [-0.15, -0.1) is 0 Å². The van der Waals surface area contributed by atoms with Crippen molar-refractivity contribution in [2.75, 3.05) is 11.9 Å². The third kappa shape index (κ3) is 4.52. The molecule has 0 radical (unpaired) electrons. The zero-order chi connectivity index (χ0) is 19.1. The first-order valence-electron chi connectivity index (χ1n) is 8.50. The van der Waals surface area contributed by atoms with E-state index in [1.165, 1.54) is 4.90 Å². The average Bonchev–Trinajstić information content (AvgIpc) is 2.73. The van der Waals surface area contributed by atoms with Crippen molar-refractivity contribution in [3.05, 3.63) is 84.4 Å². The largest absolute Gasteiger partial charge is 0.489 e. The summed E-state index contributed by atoms with van der Waals surface area (Å²) in [5.41, 5.74) is 3.83. The zero-order valence-electron chi connectivity index (χ0n) is 14.9. The second-order valence-electron chi connectivity index (χ2n) is 5.95. The van der Waals surface area contributed by atoms with E-state index >= 15 is 0 Å². The number of oxime groups is 1. The number of ether oxygens (including phenoxy) is 1. The van der Waals surface area contributed by atoms with Crippen LogP contribution in [0.4, 0.5) is 5.69 Å². The minimum Gasteiger partial charge on any atom is -0.489 e. The van der Waals surface area contributed by atoms with E-state index in [0.717, 1.165) is 28.7 Å². The molecule has 5 nitrogen and oxygen atoms in total. The molecule has 0 aliphatic carbocycles. The molecule has 136 valence electrons. The number of benzene rings is 3. The van der Waals surface area contributed by atoms with E-state index in [9.17, 15) is 4.79 Å². The first-order chi connectivity index (χ1) is 13.2. The van der Waals surface area contributed by atoms with Crippen molar-refractivity contribution >= 4 is 17.8 Å². The summed E-state index contributed by atoms with van der Waals surface area (Å²) in [5.74, 6) is 0.326. The van der Waals surface area contributed by atoms with Gasteiger partial charge in [0.1, 0.15) is 18.6 Å². The average molecular weight is 360 g/mol. The lowest BCUT2D eigenvalue weighted by atomic mass is 10.1. The van der Waals surface area contributed by atoms with Crippen molar-refractivity contribution in [1.29, 1.82) is 0 Å². The molecule has 0 aliphatic heterocycles. The van der Waals surface area contributed by atoms with Crippen molar-refractivity contribution < 1.29 is 14.7 Å². The lowest BCUT2D eigenvalue weighted by molar-refractivity contribution is -0.112. The highest BCUT2D eigenvalue weighted by Gasteiger charge is 2.13. The van der Waals surface area contributed by atoms with Gasteiger partial charge in [-0.05, 0) is 29.3 Å². The lowest BCUT2D eigenvalue weighted by Gasteiger charge is -2.19. The van der Waals surface area contributed by atoms with Gasteiger partial charge in [-0.3, -0.25) is 4.79 Å². The molecule has 0 unspecified atom stereocenters. The van der Waals surface area contributed by atoms with Crippen LogP contribution < -0.4 is 9.64 Å². The van der Waals surface area contributed by atoms with Gasteiger partial charge in [0, 0.05) is 12.6 Å². The number of carbonyl (C=O) groups excluding carboxylic acids is 1. The molecule has 1 N–H and O–H groups in total. The van der Waals surface area contributed by atoms with Crippen molar-refractivity contribution in [2.24, 2.45) is 5.16 Å². The molecule has 0 fully saturated rings. The highest BCUT2D eigenvalue weighted by Crippen LogP contribution is 2.24.